The second-order valence-electron chi connectivity index (χ2n) is 7.49. The van der Waals surface area contributed by atoms with Crippen molar-refractivity contribution in [2.24, 2.45) is 0 Å². The van der Waals surface area contributed by atoms with E-state index in [-0.39, 0.29) is 37.0 Å². The van der Waals surface area contributed by atoms with Crippen LogP contribution in [-0.2, 0) is 9.59 Å². The Hall–Kier alpha value is -3.35. The maximum Gasteiger partial charge on any atom is 0.260 e. The second-order valence-corrected chi connectivity index (χ2v) is 7.49. The van der Waals surface area contributed by atoms with Crippen LogP contribution in [0, 0.1) is 6.92 Å². The zero-order chi connectivity index (χ0) is 22.2. The maximum atomic E-state index is 12.5. The molecule has 1 fully saturated rings. The summed E-state index contributed by atoms with van der Waals surface area (Å²) in [5, 5.41) is 0. The van der Waals surface area contributed by atoms with Gasteiger partial charge >= 0.3 is 0 Å². The summed E-state index contributed by atoms with van der Waals surface area (Å²) in [5.74, 6) is 0.873. The number of Topliss-reactive ketones (excluding diaryl/α,β-unsaturated/α-hetero) is 1. The van der Waals surface area contributed by atoms with E-state index in [1.807, 2.05) is 31.2 Å². The molecule has 164 valence electrons. The van der Waals surface area contributed by atoms with Crippen LogP contribution in [-0.4, -0.2) is 67.3 Å². The number of carbonyl (C=O) groups is 3. The van der Waals surface area contributed by atoms with Crippen molar-refractivity contribution in [3.05, 3.63) is 59.7 Å². The Morgan fingerprint density at radius 3 is 2.00 bits per heavy atom. The van der Waals surface area contributed by atoms with Gasteiger partial charge < -0.3 is 19.3 Å². The first kappa shape index (κ1) is 22.3. The van der Waals surface area contributed by atoms with Crippen molar-refractivity contribution in [1.29, 1.82) is 0 Å². The van der Waals surface area contributed by atoms with Crippen LogP contribution in [0.15, 0.2) is 48.5 Å². The lowest BCUT2D eigenvalue weighted by molar-refractivity contribution is -0.140. The highest BCUT2D eigenvalue weighted by Gasteiger charge is 2.25. The third kappa shape index (κ3) is 6.07. The molecule has 0 aliphatic carbocycles. The third-order valence-corrected chi connectivity index (χ3v) is 5.34. The number of piperazine rings is 1. The van der Waals surface area contributed by atoms with E-state index in [9.17, 15) is 14.4 Å². The summed E-state index contributed by atoms with van der Waals surface area (Å²) in [7, 11) is 1.55. The Kier molecular flexibility index (Phi) is 7.65. The average Bonchev–Trinajstić information content (AvgIpc) is 2.81. The van der Waals surface area contributed by atoms with Gasteiger partial charge in [-0.1, -0.05) is 42.0 Å². The van der Waals surface area contributed by atoms with Crippen molar-refractivity contribution in [3.63, 3.8) is 0 Å². The molecule has 31 heavy (non-hydrogen) atoms. The fourth-order valence-corrected chi connectivity index (χ4v) is 3.44. The van der Waals surface area contributed by atoms with Crippen molar-refractivity contribution >= 4 is 17.6 Å². The zero-order valence-corrected chi connectivity index (χ0v) is 18.0. The van der Waals surface area contributed by atoms with Gasteiger partial charge in [-0.25, -0.2) is 0 Å². The number of nitrogens with zero attached hydrogens (tertiary/aromatic N) is 2. The number of amides is 2. The van der Waals surface area contributed by atoms with E-state index in [1.54, 1.807) is 41.2 Å². The van der Waals surface area contributed by atoms with Crippen LogP contribution in [0.5, 0.6) is 11.5 Å². The van der Waals surface area contributed by atoms with Gasteiger partial charge in [0.15, 0.2) is 23.9 Å². The molecule has 7 heteroatoms. The highest BCUT2D eigenvalue weighted by Crippen LogP contribution is 2.25. The summed E-state index contributed by atoms with van der Waals surface area (Å²) < 4.78 is 10.8. The molecule has 1 heterocycles. The molecule has 0 aromatic heterocycles. The third-order valence-electron chi connectivity index (χ3n) is 5.34. The van der Waals surface area contributed by atoms with Crippen molar-refractivity contribution in [2.75, 3.05) is 39.9 Å². The van der Waals surface area contributed by atoms with Crippen LogP contribution >= 0.6 is 0 Å². The number of hydrogen-bond donors (Lipinski definition) is 0. The van der Waals surface area contributed by atoms with Gasteiger partial charge in [0.05, 0.1) is 7.11 Å². The minimum atomic E-state index is -0.132. The quantitative estimate of drug-likeness (QED) is 0.609. The van der Waals surface area contributed by atoms with Gasteiger partial charge in [0.2, 0.25) is 5.91 Å². The molecule has 2 aromatic carbocycles. The molecule has 0 radical (unpaired) electrons. The Labute approximate surface area is 182 Å². The Balaban J connectivity index is 1.41. The van der Waals surface area contributed by atoms with Crippen molar-refractivity contribution in [2.45, 2.75) is 19.8 Å². The van der Waals surface area contributed by atoms with Crippen LogP contribution in [0.3, 0.4) is 0 Å². The zero-order valence-electron chi connectivity index (χ0n) is 18.0. The summed E-state index contributed by atoms with van der Waals surface area (Å²) in [4.78, 5) is 40.6. The summed E-state index contributed by atoms with van der Waals surface area (Å²) in [5.41, 5.74) is 1.72. The normalized spacial score (nSPS) is 13.6. The van der Waals surface area contributed by atoms with E-state index >= 15 is 0 Å². The molecule has 2 amide bonds. The Morgan fingerprint density at radius 2 is 1.39 bits per heavy atom. The van der Waals surface area contributed by atoms with Crippen molar-refractivity contribution < 1.29 is 23.9 Å². The van der Waals surface area contributed by atoms with Crippen molar-refractivity contribution in [1.82, 2.24) is 9.80 Å². The first-order chi connectivity index (χ1) is 15.0. The molecule has 0 unspecified atom stereocenters. The van der Waals surface area contributed by atoms with E-state index in [0.29, 0.717) is 43.2 Å². The SMILES string of the molecule is COc1ccccc1OCC(=O)N1CCN(C(=O)CCC(=O)c2ccc(C)cc2)CC1. The number of rotatable bonds is 8. The monoisotopic (exact) mass is 424 g/mol. The Morgan fingerprint density at radius 1 is 0.806 bits per heavy atom. The summed E-state index contributed by atoms with van der Waals surface area (Å²) in [6.07, 6.45) is 0.366. The molecular formula is C24H28N2O5. The molecule has 0 bridgehead atoms. The standard InChI is InChI=1S/C24H28N2O5/c1-18-7-9-19(10-8-18)20(27)11-12-23(28)25-13-15-26(16-14-25)24(29)17-31-22-6-4-3-5-21(22)30-2/h3-10H,11-17H2,1-2H3. The lowest BCUT2D eigenvalue weighted by Crippen LogP contribution is -2.51. The number of hydrogen-bond acceptors (Lipinski definition) is 5. The van der Waals surface area contributed by atoms with Gasteiger partial charge in [0.1, 0.15) is 0 Å². The summed E-state index contributed by atoms with van der Waals surface area (Å²) >= 11 is 0. The van der Waals surface area contributed by atoms with E-state index in [1.165, 1.54) is 0 Å². The number of ether oxygens (including phenoxy) is 2. The molecule has 2 aromatic rings. The van der Waals surface area contributed by atoms with Crippen molar-refractivity contribution in [3.8, 4) is 11.5 Å². The summed E-state index contributed by atoms with van der Waals surface area (Å²) in [6.45, 7) is 3.69. The fraction of sp³-hybridized carbons (Fsp3) is 0.375. The van der Waals surface area contributed by atoms with Crippen LogP contribution in [0.2, 0.25) is 0 Å². The maximum absolute atomic E-state index is 12.5. The number of para-hydroxylation sites is 2. The smallest absolute Gasteiger partial charge is 0.260 e. The highest BCUT2D eigenvalue weighted by atomic mass is 16.5. The minimum absolute atomic E-state index is 0.0318. The number of benzene rings is 2. The number of ketones is 1. The first-order valence-electron chi connectivity index (χ1n) is 10.4. The lowest BCUT2D eigenvalue weighted by atomic mass is 10.0. The van der Waals surface area contributed by atoms with E-state index in [4.69, 9.17) is 9.47 Å². The van der Waals surface area contributed by atoms with Gasteiger partial charge in [0, 0.05) is 44.6 Å². The average molecular weight is 424 g/mol. The second kappa shape index (κ2) is 10.6. The molecule has 0 atom stereocenters. The van der Waals surface area contributed by atoms with Gasteiger partial charge in [0.25, 0.3) is 5.91 Å². The molecule has 0 N–H and O–H groups in total. The number of carbonyl (C=O) groups excluding carboxylic acids is 3. The number of aryl methyl sites for hydroxylation is 1. The van der Waals surface area contributed by atoms with Gasteiger partial charge in [-0.15, -0.1) is 0 Å². The lowest BCUT2D eigenvalue weighted by Gasteiger charge is -2.34. The molecular weight excluding hydrogens is 396 g/mol. The molecule has 0 spiro atoms. The van der Waals surface area contributed by atoms with Crippen LogP contribution in [0.1, 0.15) is 28.8 Å². The molecule has 1 saturated heterocycles. The number of methoxy groups -OCH3 is 1. The fourth-order valence-electron chi connectivity index (χ4n) is 3.44. The van der Waals surface area contributed by atoms with E-state index < -0.39 is 0 Å². The van der Waals surface area contributed by atoms with Crippen LogP contribution in [0.4, 0.5) is 0 Å². The predicted molar refractivity (Wildman–Crippen MR) is 116 cm³/mol. The largest absolute Gasteiger partial charge is 0.493 e. The molecule has 1 aliphatic rings. The van der Waals surface area contributed by atoms with E-state index in [0.717, 1.165) is 5.56 Å². The highest BCUT2D eigenvalue weighted by molar-refractivity contribution is 5.98. The topological polar surface area (TPSA) is 76.2 Å². The Bertz CT molecular complexity index is 918. The van der Waals surface area contributed by atoms with Crippen LogP contribution < -0.4 is 9.47 Å². The predicted octanol–water partition coefficient (Wildman–Crippen LogP) is 2.72. The molecule has 7 nitrogen and oxygen atoms in total. The molecule has 1 aliphatic heterocycles. The van der Waals surface area contributed by atoms with Crippen LogP contribution in [0.25, 0.3) is 0 Å². The molecule has 3 rings (SSSR count). The minimum Gasteiger partial charge on any atom is -0.493 e. The van der Waals surface area contributed by atoms with Gasteiger partial charge in [-0.05, 0) is 19.1 Å². The summed E-state index contributed by atoms with van der Waals surface area (Å²) in [6, 6.07) is 14.5. The first-order valence-corrected chi connectivity index (χ1v) is 10.4. The van der Waals surface area contributed by atoms with Gasteiger partial charge in [-0.2, -0.15) is 0 Å². The molecule has 0 saturated carbocycles. The van der Waals surface area contributed by atoms with E-state index in [2.05, 4.69) is 0 Å². The van der Waals surface area contributed by atoms with Gasteiger partial charge in [-0.3, -0.25) is 14.4 Å².